The third kappa shape index (κ3) is 4.81. The van der Waals surface area contributed by atoms with Crippen molar-refractivity contribution in [2.45, 2.75) is 127 Å². The van der Waals surface area contributed by atoms with Crippen LogP contribution in [-0.2, 0) is 49.3 Å². The Kier molecular flexibility index (Phi) is 7.58. The molecule has 0 radical (unpaired) electrons. The van der Waals surface area contributed by atoms with Crippen molar-refractivity contribution in [3.63, 3.8) is 0 Å². The highest BCUT2D eigenvalue weighted by molar-refractivity contribution is 7.85. The van der Waals surface area contributed by atoms with Crippen LogP contribution in [0.25, 0.3) is 0 Å². The van der Waals surface area contributed by atoms with Crippen molar-refractivity contribution in [2.75, 3.05) is 11.5 Å². The van der Waals surface area contributed by atoms with Gasteiger partial charge in [0.05, 0.1) is 0 Å². The summed E-state index contributed by atoms with van der Waals surface area (Å²) in [6.07, 6.45) is -9.43. The number of hydrogen-bond donors (Lipinski definition) is 0. The Morgan fingerprint density at radius 2 is 1.04 bits per heavy atom. The first kappa shape index (κ1) is 33.7. The Balaban J connectivity index is 1.18. The minimum absolute atomic E-state index is 0.0354. The topological polar surface area (TPSA) is 90.9 Å². The van der Waals surface area contributed by atoms with Crippen LogP contribution in [0.15, 0.2) is 22.7 Å². The first-order valence-corrected chi connectivity index (χ1v) is 18.3. The molecule has 0 N–H and O–H groups in total. The van der Waals surface area contributed by atoms with Crippen molar-refractivity contribution in [3.05, 3.63) is 22.7 Å². The third-order valence-corrected chi connectivity index (χ3v) is 13.7. The van der Waals surface area contributed by atoms with Crippen molar-refractivity contribution >= 4 is 10.8 Å². The second kappa shape index (κ2) is 10.8. The lowest BCUT2D eigenvalue weighted by atomic mass is 9.59. The van der Waals surface area contributed by atoms with Crippen LogP contribution in [0.2, 0.25) is 0 Å². The van der Waals surface area contributed by atoms with Gasteiger partial charge in [-0.05, 0) is 75.4 Å². The molecule has 12 atom stereocenters. The maximum atomic E-state index is 14.7. The second-order valence-electron chi connectivity index (χ2n) is 15.4. The molecular weight excluding hydrogens is 674 g/mol. The lowest BCUT2D eigenvalue weighted by Crippen LogP contribution is -2.68. The number of ether oxygens (including phenoxy) is 4. The van der Waals surface area contributed by atoms with Crippen LogP contribution in [0.1, 0.15) is 79.1 Å². The van der Waals surface area contributed by atoms with E-state index in [2.05, 4.69) is 0 Å². The number of rotatable bonds is 4. The minimum atomic E-state index is -4.99. The van der Waals surface area contributed by atoms with Gasteiger partial charge in [-0.1, -0.05) is 13.8 Å². The Hall–Kier alpha value is -1.43. The summed E-state index contributed by atoms with van der Waals surface area (Å²) < 4.78 is 126. The smallest absolute Gasteiger partial charge is 0.449 e. The summed E-state index contributed by atoms with van der Waals surface area (Å²) in [4.78, 5) is 23.4. The molecule has 2 aliphatic carbocycles. The van der Waals surface area contributed by atoms with Crippen LogP contribution in [0.3, 0.4) is 0 Å². The normalized spacial score (nSPS) is 49.0. The van der Waals surface area contributed by atoms with Crippen LogP contribution in [0.4, 0.5) is 26.3 Å². The molecule has 0 aromatic carbocycles. The van der Waals surface area contributed by atoms with E-state index in [0.717, 1.165) is 0 Å². The van der Waals surface area contributed by atoms with E-state index in [-0.39, 0.29) is 47.7 Å². The molecule has 2 saturated carbocycles. The van der Waals surface area contributed by atoms with Crippen molar-refractivity contribution in [2.24, 2.45) is 35.5 Å². The van der Waals surface area contributed by atoms with Crippen molar-refractivity contribution in [1.82, 2.24) is 0 Å². The number of hydrogen-bond acceptors (Lipinski definition) is 9. The van der Waals surface area contributed by atoms with E-state index in [0.29, 0.717) is 38.5 Å². The maximum Gasteiger partial charge on any atom is 0.449 e. The second-order valence-corrected chi connectivity index (χ2v) is 16.8. The average Bonchev–Trinajstić information content (AvgIpc) is 3.36. The summed E-state index contributed by atoms with van der Waals surface area (Å²) in [6, 6.07) is 0. The van der Waals surface area contributed by atoms with E-state index in [1.54, 1.807) is 13.8 Å². The van der Waals surface area contributed by atoms with Crippen LogP contribution >= 0.6 is 0 Å². The van der Waals surface area contributed by atoms with E-state index < -0.39 is 93.4 Å². The highest BCUT2D eigenvalue weighted by Crippen LogP contribution is 2.63. The summed E-state index contributed by atoms with van der Waals surface area (Å²) in [5, 5.41) is 0. The lowest BCUT2D eigenvalue weighted by Gasteiger charge is -2.57. The van der Waals surface area contributed by atoms with Gasteiger partial charge in [-0.15, -0.1) is 0 Å². The van der Waals surface area contributed by atoms with E-state index >= 15 is 0 Å². The molecule has 16 heteroatoms. The molecule has 0 aromatic rings. The zero-order chi connectivity index (χ0) is 34.2. The zero-order valence-electron chi connectivity index (χ0n) is 27.0. The van der Waals surface area contributed by atoms with E-state index in [9.17, 15) is 30.6 Å². The summed E-state index contributed by atoms with van der Waals surface area (Å²) in [6.45, 7) is 7.16. The largest absolute Gasteiger partial charge is 0.456 e. The van der Waals surface area contributed by atoms with Gasteiger partial charge in [0.15, 0.2) is 11.2 Å². The molecule has 2 spiro atoms. The Morgan fingerprint density at radius 1 is 0.646 bits per heavy atom. The molecule has 0 aromatic heterocycles. The fourth-order valence-electron chi connectivity index (χ4n) is 10.2. The number of allylic oxidation sites excluding steroid dienone is 2. The van der Waals surface area contributed by atoms with Crippen molar-refractivity contribution in [3.8, 4) is 0 Å². The monoisotopic (exact) mass is 714 g/mol. The van der Waals surface area contributed by atoms with Crippen LogP contribution < -0.4 is 0 Å². The van der Waals surface area contributed by atoms with Crippen molar-refractivity contribution < 1.29 is 69.0 Å². The maximum absolute atomic E-state index is 14.7. The van der Waals surface area contributed by atoms with Gasteiger partial charge in [-0.2, -0.15) is 26.3 Å². The van der Waals surface area contributed by atoms with Gasteiger partial charge >= 0.3 is 12.4 Å². The Labute approximate surface area is 276 Å². The minimum Gasteiger partial charge on any atom is -0.456 e. The van der Waals surface area contributed by atoms with Gasteiger partial charge in [0.2, 0.25) is 35.7 Å². The van der Waals surface area contributed by atoms with Crippen LogP contribution in [-0.4, -0.2) is 63.4 Å². The molecule has 6 saturated heterocycles. The molecule has 8 heterocycles. The number of alkyl halides is 6. The van der Waals surface area contributed by atoms with Gasteiger partial charge in [-0.25, -0.2) is 19.6 Å². The van der Waals surface area contributed by atoms with E-state index in [1.165, 1.54) is 0 Å². The summed E-state index contributed by atoms with van der Waals surface area (Å²) in [7, 11) is -2.28. The quantitative estimate of drug-likeness (QED) is 0.229. The van der Waals surface area contributed by atoms with Gasteiger partial charge in [0, 0.05) is 58.8 Å². The van der Waals surface area contributed by atoms with Gasteiger partial charge in [-0.3, -0.25) is 4.21 Å². The molecule has 270 valence electrons. The van der Waals surface area contributed by atoms with Gasteiger partial charge < -0.3 is 18.9 Å². The highest BCUT2D eigenvalue weighted by Gasteiger charge is 2.72. The number of fused-ring (bicyclic) bond motifs is 4. The molecule has 10 aliphatic rings. The lowest BCUT2D eigenvalue weighted by molar-refractivity contribution is -0.557. The van der Waals surface area contributed by atoms with Gasteiger partial charge in [0.25, 0.3) is 0 Å². The van der Waals surface area contributed by atoms with Gasteiger partial charge in [0.1, 0.15) is 0 Å². The SMILES string of the molecule is C[C@@H]1CC[C@H]2C(CS(=O)CC3=C(C(F)(F)F)O[C@@H]4OC5(C)CCC6[C@H](C)CC[C@@H]3[C@]64OO5)=C(C(F)(F)F)O[C@@H]3OC4(C)CCC1[C@]32OO4. The fraction of sp³-hybridized carbons (Fsp3) is 0.875. The highest BCUT2D eigenvalue weighted by atomic mass is 32.2. The molecule has 9 nitrogen and oxygen atoms in total. The first-order chi connectivity index (χ1) is 22.4. The molecular formula is C32H40F6O9S. The standard InChI is InChI=1S/C32H40F6O9S/c1-15-5-7-21-17(23(31(33,34)35)40-25-29(21)19(15)9-11-27(3,42-25)44-46-29)13-48(39)14-18-22-8-6-16(2)20-10-12-28(4)43-26(30(20,22)47-45-28)41-24(18)32(36,37)38/h15-16,19-22,25-26H,5-14H2,1-4H3/t15-,16-,19?,20?,21+,22+,25-,26-,27?,28?,29-,30-,48?/m1/s1. The Bertz CT molecular complexity index is 1350. The summed E-state index contributed by atoms with van der Waals surface area (Å²) in [5.74, 6) is -9.11. The third-order valence-electron chi connectivity index (χ3n) is 12.5. The predicted octanol–water partition coefficient (Wildman–Crippen LogP) is 6.86. The molecule has 8 fully saturated rings. The molecule has 4 unspecified atom stereocenters. The Morgan fingerprint density at radius 3 is 1.42 bits per heavy atom. The molecule has 4 bridgehead atoms. The molecule has 8 aliphatic heterocycles. The predicted molar refractivity (Wildman–Crippen MR) is 152 cm³/mol. The average molecular weight is 715 g/mol. The summed E-state index contributed by atoms with van der Waals surface area (Å²) >= 11 is 0. The molecule has 0 amide bonds. The van der Waals surface area contributed by atoms with E-state index in [4.69, 9.17) is 38.5 Å². The summed E-state index contributed by atoms with van der Waals surface area (Å²) in [5.41, 5.74) is -3.50. The number of halogens is 6. The van der Waals surface area contributed by atoms with E-state index in [1.807, 2.05) is 13.8 Å². The zero-order valence-corrected chi connectivity index (χ0v) is 27.9. The molecule has 10 rings (SSSR count). The fourth-order valence-corrected chi connectivity index (χ4v) is 11.7. The molecule has 48 heavy (non-hydrogen) atoms. The van der Waals surface area contributed by atoms with Crippen LogP contribution in [0.5, 0.6) is 0 Å². The van der Waals surface area contributed by atoms with Crippen LogP contribution in [0, 0.1) is 35.5 Å². The van der Waals surface area contributed by atoms with Crippen molar-refractivity contribution in [1.29, 1.82) is 0 Å². The first-order valence-electron chi connectivity index (χ1n) is 16.8.